The summed E-state index contributed by atoms with van der Waals surface area (Å²) < 4.78 is 11.0. The number of hydrogen-bond donors (Lipinski definition) is 1. The number of carbonyl (C=O) groups excluding carboxylic acids is 1. The summed E-state index contributed by atoms with van der Waals surface area (Å²) in [7, 11) is 0. The Hall–Kier alpha value is -1.59. The van der Waals surface area contributed by atoms with Crippen molar-refractivity contribution in [2.24, 2.45) is 5.92 Å². The van der Waals surface area contributed by atoms with Gasteiger partial charge in [-0.1, -0.05) is 30.3 Å². The first-order valence-electron chi connectivity index (χ1n) is 9.09. The van der Waals surface area contributed by atoms with Crippen LogP contribution < -0.4 is 5.32 Å². The second kappa shape index (κ2) is 8.49. The molecule has 0 aliphatic carbocycles. The lowest BCUT2D eigenvalue weighted by Gasteiger charge is -2.32. The highest BCUT2D eigenvalue weighted by Crippen LogP contribution is 2.34. The highest BCUT2D eigenvalue weighted by Gasteiger charge is 2.30. The molecule has 0 spiro atoms. The minimum Gasteiger partial charge on any atom is -0.450 e. The van der Waals surface area contributed by atoms with E-state index in [4.69, 9.17) is 9.47 Å². The number of ether oxygens (including phenoxy) is 2. The van der Waals surface area contributed by atoms with Crippen molar-refractivity contribution in [1.29, 1.82) is 0 Å². The van der Waals surface area contributed by atoms with Crippen molar-refractivity contribution in [3.63, 3.8) is 0 Å². The molecule has 2 atom stereocenters. The van der Waals surface area contributed by atoms with E-state index in [0.717, 1.165) is 45.5 Å². The van der Waals surface area contributed by atoms with Gasteiger partial charge in [0.05, 0.1) is 12.7 Å². The first-order chi connectivity index (χ1) is 11.8. The van der Waals surface area contributed by atoms with Crippen LogP contribution in [0.2, 0.25) is 0 Å². The summed E-state index contributed by atoms with van der Waals surface area (Å²) in [6.45, 7) is 5.66. The third-order valence-corrected chi connectivity index (χ3v) is 5.03. The van der Waals surface area contributed by atoms with E-state index in [-0.39, 0.29) is 12.2 Å². The number of carbonyl (C=O) groups is 1. The zero-order chi connectivity index (χ0) is 16.8. The van der Waals surface area contributed by atoms with Gasteiger partial charge < -0.3 is 19.7 Å². The smallest absolute Gasteiger partial charge is 0.409 e. The number of likely N-dealkylation sites (tertiary alicyclic amines) is 1. The summed E-state index contributed by atoms with van der Waals surface area (Å²) in [5, 5.41) is 3.70. The molecule has 2 aliphatic rings. The average Bonchev–Trinajstić information content (AvgIpc) is 3.10. The van der Waals surface area contributed by atoms with Crippen LogP contribution >= 0.6 is 0 Å². The van der Waals surface area contributed by atoms with Crippen LogP contribution in [0.3, 0.4) is 0 Å². The summed E-state index contributed by atoms with van der Waals surface area (Å²) in [4.78, 5) is 13.6. The number of benzene rings is 1. The van der Waals surface area contributed by atoms with Crippen molar-refractivity contribution in [3.05, 3.63) is 35.9 Å². The summed E-state index contributed by atoms with van der Waals surface area (Å²) in [5.41, 5.74) is 1.28. The highest BCUT2D eigenvalue weighted by molar-refractivity contribution is 5.67. The molecular weight excluding hydrogens is 304 g/mol. The van der Waals surface area contributed by atoms with Crippen LogP contribution in [-0.4, -0.2) is 49.9 Å². The third-order valence-electron chi connectivity index (χ3n) is 5.03. The lowest BCUT2D eigenvalue weighted by molar-refractivity contribution is 0.0855. The molecule has 0 unspecified atom stereocenters. The van der Waals surface area contributed by atoms with Gasteiger partial charge in [0.15, 0.2) is 0 Å². The molecule has 24 heavy (non-hydrogen) atoms. The molecule has 0 aromatic heterocycles. The van der Waals surface area contributed by atoms with Gasteiger partial charge in [0, 0.05) is 38.2 Å². The molecule has 0 bridgehead atoms. The van der Waals surface area contributed by atoms with Gasteiger partial charge in [-0.2, -0.15) is 0 Å². The number of piperidine rings is 1. The molecule has 3 rings (SSSR count). The quantitative estimate of drug-likeness (QED) is 0.901. The Morgan fingerprint density at radius 1 is 1.25 bits per heavy atom. The Morgan fingerprint density at radius 2 is 2.00 bits per heavy atom. The van der Waals surface area contributed by atoms with Gasteiger partial charge in [-0.15, -0.1) is 0 Å². The molecule has 5 heteroatoms. The Balaban J connectivity index is 1.44. The van der Waals surface area contributed by atoms with Crippen molar-refractivity contribution in [2.45, 2.75) is 38.3 Å². The monoisotopic (exact) mass is 332 g/mol. The van der Waals surface area contributed by atoms with Crippen LogP contribution in [0, 0.1) is 5.92 Å². The van der Waals surface area contributed by atoms with E-state index in [1.807, 2.05) is 17.9 Å². The van der Waals surface area contributed by atoms with E-state index < -0.39 is 0 Å². The summed E-state index contributed by atoms with van der Waals surface area (Å²) >= 11 is 0. The normalized spacial score (nSPS) is 25.0. The van der Waals surface area contributed by atoms with Crippen LogP contribution in [0.15, 0.2) is 30.3 Å². The lowest BCUT2D eigenvalue weighted by atomic mass is 9.94. The predicted molar refractivity (Wildman–Crippen MR) is 92.9 cm³/mol. The average molecular weight is 332 g/mol. The predicted octanol–water partition coefficient (Wildman–Crippen LogP) is 2.97. The largest absolute Gasteiger partial charge is 0.450 e. The topological polar surface area (TPSA) is 50.8 Å². The Kier molecular flexibility index (Phi) is 6.10. The molecular formula is C19H28N2O3. The SMILES string of the molecule is CCOC(=O)N1CCC(NC[C@H]2CCO[C@@H]2c2ccccc2)CC1. The number of hydrogen-bond acceptors (Lipinski definition) is 4. The van der Waals surface area contributed by atoms with Crippen molar-refractivity contribution in [1.82, 2.24) is 10.2 Å². The van der Waals surface area contributed by atoms with E-state index >= 15 is 0 Å². The number of nitrogens with one attached hydrogen (secondary N) is 1. The maximum Gasteiger partial charge on any atom is 0.409 e. The van der Waals surface area contributed by atoms with Gasteiger partial charge >= 0.3 is 6.09 Å². The Labute approximate surface area is 144 Å². The van der Waals surface area contributed by atoms with E-state index in [1.54, 1.807) is 0 Å². The van der Waals surface area contributed by atoms with E-state index in [2.05, 4.69) is 29.6 Å². The molecule has 0 saturated carbocycles. The number of amides is 1. The fraction of sp³-hybridized carbons (Fsp3) is 0.632. The number of nitrogens with zero attached hydrogens (tertiary/aromatic N) is 1. The van der Waals surface area contributed by atoms with Crippen molar-refractivity contribution < 1.29 is 14.3 Å². The highest BCUT2D eigenvalue weighted by atomic mass is 16.6. The molecule has 1 aromatic rings. The standard InChI is InChI=1S/C19H28N2O3/c1-2-23-19(22)21-11-8-17(9-12-21)20-14-16-10-13-24-18(16)15-6-4-3-5-7-15/h3-7,16-18,20H,2,8-14H2,1H3/t16-,18-/m1/s1. The van der Waals surface area contributed by atoms with Crippen molar-refractivity contribution in [3.8, 4) is 0 Å². The van der Waals surface area contributed by atoms with Gasteiger partial charge in [0.1, 0.15) is 0 Å². The van der Waals surface area contributed by atoms with E-state index in [9.17, 15) is 4.79 Å². The Bertz CT molecular complexity index is 515. The van der Waals surface area contributed by atoms with Crippen LogP contribution in [-0.2, 0) is 9.47 Å². The van der Waals surface area contributed by atoms with Gasteiger partial charge in [-0.3, -0.25) is 0 Å². The molecule has 1 N–H and O–H groups in total. The van der Waals surface area contributed by atoms with Crippen LogP contribution in [0.5, 0.6) is 0 Å². The third kappa shape index (κ3) is 4.28. The first-order valence-corrected chi connectivity index (χ1v) is 9.09. The van der Waals surface area contributed by atoms with Gasteiger partial charge in [0.25, 0.3) is 0 Å². The van der Waals surface area contributed by atoms with Crippen LogP contribution in [0.25, 0.3) is 0 Å². The minimum atomic E-state index is -0.177. The zero-order valence-electron chi connectivity index (χ0n) is 14.4. The maximum absolute atomic E-state index is 11.7. The molecule has 5 nitrogen and oxygen atoms in total. The molecule has 0 radical (unpaired) electrons. The van der Waals surface area contributed by atoms with Crippen molar-refractivity contribution >= 4 is 6.09 Å². The molecule has 1 aromatic carbocycles. The van der Waals surface area contributed by atoms with Gasteiger partial charge in [-0.05, 0) is 31.7 Å². The number of rotatable bonds is 5. The van der Waals surface area contributed by atoms with Gasteiger partial charge in [-0.25, -0.2) is 4.79 Å². The molecule has 2 heterocycles. The fourth-order valence-corrected chi connectivity index (χ4v) is 3.65. The lowest BCUT2D eigenvalue weighted by Crippen LogP contribution is -2.46. The zero-order valence-corrected chi connectivity index (χ0v) is 14.4. The van der Waals surface area contributed by atoms with Crippen LogP contribution in [0.4, 0.5) is 4.79 Å². The molecule has 2 aliphatic heterocycles. The fourth-order valence-electron chi connectivity index (χ4n) is 3.65. The molecule has 2 fully saturated rings. The Morgan fingerprint density at radius 3 is 2.71 bits per heavy atom. The summed E-state index contributed by atoms with van der Waals surface area (Å²) in [5.74, 6) is 0.524. The molecule has 1 amide bonds. The van der Waals surface area contributed by atoms with Crippen LogP contribution in [0.1, 0.15) is 37.9 Å². The molecule has 132 valence electrons. The molecule has 2 saturated heterocycles. The maximum atomic E-state index is 11.7. The summed E-state index contributed by atoms with van der Waals surface area (Å²) in [6.07, 6.45) is 3.11. The summed E-state index contributed by atoms with van der Waals surface area (Å²) in [6, 6.07) is 11.0. The second-order valence-electron chi connectivity index (χ2n) is 6.62. The minimum absolute atomic E-state index is 0.177. The first kappa shape index (κ1) is 17.2. The van der Waals surface area contributed by atoms with Gasteiger partial charge in [0.2, 0.25) is 0 Å². The van der Waals surface area contributed by atoms with E-state index in [1.165, 1.54) is 5.56 Å². The van der Waals surface area contributed by atoms with Crippen molar-refractivity contribution in [2.75, 3.05) is 32.8 Å². The second-order valence-corrected chi connectivity index (χ2v) is 6.62. The van der Waals surface area contributed by atoms with E-state index in [0.29, 0.717) is 18.6 Å².